The van der Waals surface area contributed by atoms with Crippen molar-refractivity contribution in [3.05, 3.63) is 66.2 Å². The van der Waals surface area contributed by atoms with Crippen molar-refractivity contribution in [2.24, 2.45) is 0 Å². The second-order valence-corrected chi connectivity index (χ2v) is 5.14. The maximum atomic E-state index is 12.7. The van der Waals surface area contributed by atoms with Crippen molar-refractivity contribution in [1.29, 1.82) is 0 Å². The fraction of sp³-hybridized carbons (Fsp3) is 0.211. The van der Waals surface area contributed by atoms with E-state index in [-0.39, 0.29) is 6.03 Å². The van der Waals surface area contributed by atoms with Crippen LogP contribution in [0.25, 0.3) is 5.70 Å². The van der Waals surface area contributed by atoms with E-state index in [1.165, 1.54) is 0 Å². The Morgan fingerprint density at radius 1 is 1.00 bits per heavy atom. The van der Waals surface area contributed by atoms with Crippen molar-refractivity contribution in [1.82, 2.24) is 4.90 Å². The number of nitrogens with zero attached hydrogens (tertiary/aromatic N) is 2. The van der Waals surface area contributed by atoms with Crippen molar-refractivity contribution in [2.45, 2.75) is 6.92 Å². The van der Waals surface area contributed by atoms with Crippen LogP contribution < -0.4 is 9.64 Å². The predicted octanol–water partition coefficient (Wildman–Crippen LogP) is 4.24. The van der Waals surface area contributed by atoms with Crippen molar-refractivity contribution < 1.29 is 9.53 Å². The first-order valence-corrected chi connectivity index (χ1v) is 7.45. The summed E-state index contributed by atoms with van der Waals surface area (Å²) in [6, 6.07) is 17.2. The van der Waals surface area contributed by atoms with Crippen LogP contribution in [0.15, 0.2) is 60.7 Å². The number of carbonyl (C=O) groups is 1. The van der Waals surface area contributed by atoms with Gasteiger partial charge in [-0.3, -0.25) is 9.80 Å². The SMILES string of the molecule is C/C=C(\c1ccc(OC)cc1)N(C)C(=O)N(C)c1ccccc1. The van der Waals surface area contributed by atoms with Crippen molar-refractivity contribution in [3.63, 3.8) is 0 Å². The fourth-order valence-electron chi connectivity index (χ4n) is 2.41. The van der Waals surface area contributed by atoms with E-state index in [0.29, 0.717) is 0 Å². The van der Waals surface area contributed by atoms with E-state index in [9.17, 15) is 4.79 Å². The van der Waals surface area contributed by atoms with E-state index < -0.39 is 0 Å². The topological polar surface area (TPSA) is 32.8 Å². The van der Waals surface area contributed by atoms with Gasteiger partial charge >= 0.3 is 6.03 Å². The number of allylic oxidation sites excluding steroid dienone is 1. The molecule has 0 atom stereocenters. The highest BCUT2D eigenvalue weighted by Crippen LogP contribution is 2.23. The maximum absolute atomic E-state index is 12.7. The molecule has 0 saturated carbocycles. The van der Waals surface area contributed by atoms with E-state index in [2.05, 4.69) is 0 Å². The first kappa shape index (κ1) is 16.6. The minimum Gasteiger partial charge on any atom is -0.497 e. The number of amides is 2. The molecule has 120 valence electrons. The Bertz CT molecular complexity index is 678. The number of methoxy groups -OCH3 is 1. The Morgan fingerprint density at radius 3 is 2.13 bits per heavy atom. The Hall–Kier alpha value is -2.75. The van der Waals surface area contributed by atoms with Crippen molar-refractivity contribution in [2.75, 3.05) is 26.1 Å². The van der Waals surface area contributed by atoms with Gasteiger partial charge < -0.3 is 4.74 Å². The number of carbonyl (C=O) groups excluding carboxylic acids is 1. The quantitative estimate of drug-likeness (QED) is 0.846. The van der Waals surface area contributed by atoms with Gasteiger partial charge in [-0.1, -0.05) is 24.3 Å². The molecular formula is C19H22N2O2. The van der Waals surface area contributed by atoms with Crippen LogP contribution in [0, 0.1) is 0 Å². The van der Waals surface area contributed by atoms with Crippen LogP contribution in [0.1, 0.15) is 12.5 Å². The lowest BCUT2D eigenvalue weighted by atomic mass is 10.1. The summed E-state index contributed by atoms with van der Waals surface area (Å²) in [7, 11) is 5.19. The fourth-order valence-corrected chi connectivity index (χ4v) is 2.41. The Balaban J connectivity index is 2.22. The molecule has 0 N–H and O–H groups in total. The molecule has 0 aliphatic carbocycles. The third-order valence-electron chi connectivity index (χ3n) is 3.74. The van der Waals surface area contributed by atoms with E-state index in [4.69, 9.17) is 4.74 Å². The minimum absolute atomic E-state index is 0.0971. The van der Waals surface area contributed by atoms with Crippen LogP contribution in [-0.2, 0) is 0 Å². The number of para-hydroxylation sites is 1. The van der Waals surface area contributed by atoms with Crippen LogP contribution in [0.3, 0.4) is 0 Å². The van der Waals surface area contributed by atoms with Crippen LogP contribution in [0.5, 0.6) is 5.75 Å². The molecule has 0 aliphatic heterocycles. The number of rotatable bonds is 4. The van der Waals surface area contributed by atoms with Gasteiger partial charge in [0.05, 0.1) is 7.11 Å². The molecule has 0 fully saturated rings. The lowest BCUT2D eigenvalue weighted by Crippen LogP contribution is -2.37. The molecule has 2 aromatic carbocycles. The number of urea groups is 1. The molecule has 2 rings (SSSR count). The highest BCUT2D eigenvalue weighted by Gasteiger charge is 2.19. The third kappa shape index (κ3) is 3.72. The first-order valence-electron chi connectivity index (χ1n) is 7.45. The molecule has 2 amide bonds. The summed E-state index contributed by atoms with van der Waals surface area (Å²) >= 11 is 0. The molecule has 0 radical (unpaired) electrons. The molecule has 2 aromatic rings. The lowest BCUT2D eigenvalue weighted by Gasteiger charge is -2.27. The largest absolute Gasteiger partial charge is 0.497 e. The number of benzene rings is 2. The molecule has 0 heterocycles. The van der Waals surface area contributed by atoms with E-state index in [0.717, 1.165) is 22.7 Å². The van der Waals surface area contributed by atoms with Crippen LogP contribution in [0.2, 0.25) is 0 Å². The second-order valence-electron chi connectivity index (χ2n) is 5.14. The van der Waals surface area contributed by atoms with Gasteiger partial charge in [-0.2, -0.15) is 0 Å². The van der Waals surface area contributed by atoms with Gasteiger partial charge in [0.15, 0.2) is 0 Å². The summed E-state index contributed by atoms with van der Waals surface area (Å²) in [5.41, 5.74) is 2.67. The van der Waals surface area contributed by atoms with Gasteiger partial charge in [0, 0.05) is 25.5 Å². The summed E-state index contributed by atoms with van der Waals surface area (Å²) in [4.78, 5) is 16.0. The maximum Gasteiger partial charge on any atom is 0.328 e. The van der Waals surface area contributed by atoms with Gasteiger partial charge in [0.2, 0.25) is 0 Å². The smallest absolute Gasteiger partial charge is 0.328 e. The summed E-state index contributed by atoms with van der Waals surface area (Å²) in [5.74, 6) is 0.791. The molecule has 0 aromatic heterocycles. The average Bonchev–Trinajstić information content (AvgIpc) is 2.62. The van der Waals surface area contributed by atoms with Gasteiger partial charge in [0.1, 0.15) is 5.75 Å². The molecule has 0 saturated heterocycles. The Kier molecular flexibility index (Phi) is 5.41. The van der Waals surface area contributed by atoms with Gasteiger partial charge in [-0.15, -0.1) is 0 Å². The standard InChI is InChI=1S/C19H22N2O2/c1-5-18(15-11-13-17(23-4)14-12-15)21(3)19(22)20(2)16-9-7-6-8-10-16/h5-14H,1-4H3/b18-5+. The van der Waals surface area contributed by atoms with Gasteiger partial charge in [0.25, 0.3) is 0 Å². The zero-order valence-corrected chi connectivity index (χ0v) is 14.0. The van der Waals surface area contributed by atoms with Crippen LogP contribution in [-0.4, -0.2) is 32.1 Å². The zero-order valence-electron chi connectivity index (χ0n) is 14.0. The highest BCUT2D eigenvalue weighted by molar-refractivity contribution is 5.96. The van der Waals surface area contributed by atoms with Crippen molar-refractivity contribution in [3.8, 4) is 5.75 Å². The number of hydrogen-bond donors (Lipinski definition) is 0. The molecule has 4 nitrogen and oxygen atoms in total. The second kappa shape index (κ2) is 7.49. The number of ether oxygens (including phenoxy) is 1. The Labute approximate surface area is 137 Å². The monoisotopic (exact) mass is 310 g/mol. The molecule has 0 unspecified atom stereocenters. The highest BCUT2D eigenvalue weighted by atomic mass is 16.5. The van der Waals surface area contributed by atoms with Crippen LogP contribution >= 0.6 is 0 Å². The molecular weight excluding hydrogens is 288 g/mol. The van der Waals surface area contributed by atoms with Gasteiger partial charge in [-0.05, 0) is 48.9 Å². The van der Waals surface area contributed by atoms with Gasteiger partial charge in [-0.25, -0.2) is 4.79 Å². The average molecular weight is 310 g/mol. The first-order chi connectivity index (χ1) is 11.1. The molecule has 0 bridgehead atoms. The third-order valence-corrected chi connectivity index (χ3v) is 3.74. The lowest BCUT2D eigenvalue weighted by molar-refractivity contribution is 0.232. The number of hydrogen-bond acceptors (Lipinski definition) is 2. The minimum atomic E-state index is -0.0971. The molecule has 0 aliphatic rings. The zero-order chi connectivity index (χ0) is 16.8. The molecule has 23 heavy (non-hydrogen) atoms. The van der Waals surface area contributed by atoms with Crippen molar-refractivity contribution >= 4 is 17.4 Å². The predicted molar refractivity (Wildman–Crippen MR) is 94.6 cm³/mol. The Morgan fingerprint density at radius 2 is 1.61 bits per heavy atom. The van der Waals surface area contributed by atoms with Crippen LogP contribution in [0.4, 0.5) is 10.5 Å². The summed E-state index contributed by atoms with van der Waals surface area (Å²) in [6.45, 7) is 1.92. The van der Waals surface area contributed by atoms with E-state index >= 15 is 0 Å². The summed E-state index contributed by atoms with van der Waals surface area (Å²) < 4.78 is 5.18. The number of anilines is 1. The summed E-state index contributed by atoms with van der Waals surface area (Å²) in [6.07, 6.45) is 1.93. The normalized spacial score (nSPS) is 11.0. The molecule has 4 heteroatoms. The molecule has 0 spiro atoms. The summed E-state index contributed by atoms with van der Waals surface area (Å²) in [5, 5.41) is 0. The van der Waals surface area contributed by atoms with E-state index in [1.54, 1.807) is 31.0 Å². The van der Waals surface area contributed by atoms with E-state index in [1.807, 2.05) is 67.6 Å².